The van der Waals surface area contributed by atoms with Crippen molar-refractivity contribution >= 4 is 37.5 Å². The lowest BCUT2D eigenvalue weighted by molar-refractivity contribution is -0.117. The van der Waals surface area contributed by atoms with Crippen LogP contribution in [0.2, 0.25) is 0 Å². The van der Waals surface area contributed by atoms with Crippen molar-refractivity contribution in [3.05, 3.63) is 94.5 Å². The summed E-state index contributed by atoms with van der Waals surface area (Å²) in [6.07, 6.45) is 0.224. The number of nitrogens with one attached hydrogen (secondary N) is 2. The molecule has 0 aliphatic heterocycles. The molecule has 29 heavy (non-hydrogen) atoms. The van der Waals surface area contributed by atoms with Crippen molar-refractivity contribution in [1.82, 2.24) is 4.72 Å². The fourth-order valence-electron chi connectivity index (χ4n) is 2.79. The SMILES string of the molecule is Cc1ccc(S(=O)(=O)N[C@@H](Cc2ccccc2)C(=O)Nc2ccccc2Br)cc1. The number of carbonyl (C=O) groups is 1. The molecule has 0 aromatic heterocycles. The maximum Gasteiger partial charge on any atom is 0.242 e. The number of aryl methyl sites for hydroxylation is 1. The van der Waals surface area contributed by atoms with Crippen LogP contribution in [0, 0.1) is 6.92 Å². The van der Waals surface area contributed by atoms with E-state index in [-0.39, 0.29) is 11.3 Å². The number of hydrogen-bond donors (Lipinski definition) is 2. The number of para-hydroxylation sites is 1. The molecule has 1 atom stereocenters. The van der Waals surface area contributed by atoms with Gasteiger partial charge in [0.15, 0.2) is 0 Å². The summed E-state index contributed by atoms with van der Waals surface area (Å²) in [5.41, 5.74) is 2.38. The average Bonchev–Trinajstić information content (AvgIpc) is 2.70. The van der Waals surface area contributed by atoms with E-state index in [1.54, 1.807) is 30.3 Å². The van der Waals surface area contributed by atoms with E-state index in [0.29, 0.717) is 10.2 Å². The normalized spacial score (nSPS) is 12.3. The molecule has 0 aliphatic carbocycles. The number of anilines is 1. The summed E-state index contributed by atoms with van der Waals surface area (Å²) in [5, 5.41) is 2.80. The summed E-state index contributed by atoms with van der Waals surface area (Å²) >= 11 is 3.39. The molecule has 0 fully saturated rings. The highest BCUT2D eigenvalue weighted by Gasteiger charge is 2.26. The molecule has 0 saturated heterocycles. The van der Waals surface area contributed by atoms with Crippen molar-refractivity contribution in [3.8, 4) is 0 Å². The monoisotopic (exact) mass is 472 g/mol. The molecular formula is C22H21BrN2O3S. The van der Waals surface area contributed by atoms with Crippen molar-refractivity contribution in [2.24, 2.45) is 0 Å². The standard InChI is InChI=1S/C22H21BrN2O3S/c1-16-11-13-18(14-12-16)29(27,28)25-21(15-17-7-3-2-4-8-17)22(26)24-20-10-6-5-9-19(20)23/h2-14,21,25H,15H2,1H3,(H,24,26)/t21-/m0/s1. The molecule has 5 nitrogen and oxygen atoms in total. The highest BCUT2D eigenvalue weighted by atomic mass is 79.9. The molecule has 0 aliphatic rings. The lowest BCUT2D eigenvalue weighted by Crippen LogP contribution is -2.45. The minimum Gasteiger partial charge on any atom is -0.324 e. The molecular weight excluding hydrogens is 452 g/mol. The Labute approximate surface area is 179 Å². The van der Waals surface area contributed by atoms with E-state index < -0.39 is 22.0 Å². The second-order valence-electron chi connectivity index (χ2n) is 6.65. The van der Waals surface area contributed by atoms with Gasteiger partial charge in [-0.3, -0.25) is 4.79 Å². The van der Waals surface area contributed by atoms with Gasteiger partial charge in [0.2, 0.25) is 15.9 Å². The fraction of sp³-hybridized carbons (Fsp3) is 0.136. The minimum atomic E-state index is -3.87. The van der Waals surface area contributed by atoms with E-state index in [1.165, 1.54) is 12.1 Å². The number of sulfonamides is 1. The molecule has 2 N–H and O–H groups in total. The Morgan fingerprint density at radius 3 is 2.21 bits per heavy atom. The van der Waals surface area contributed by atoms with E-state index in [4.69, 9.17) is 0 Å². The van der Waals surface area contributed by atoms with Crippen LogP contribution < -0.4 is 10.0 Å². The van der Waals surface area contributed by atoms with Gasteiger partial charge in [0.1, 0.15) is 6.04 Å². The first-order valence-corrected chi connectivity index (χ1v) is 11.3. The third-order valence-electron chi connectivity index (χ3n) is 4.36. The smallest absolute Gasteiger partial charge is 0.242 e. The Kier molecular flexibility index (Phi) is 6.84. The van der Waals surface area contributed by atoms with Crippen LogP contribution in [0.25, 0.3) is 0 Å². The van der Waals surface area contributed by atoms with Crippen LogP contribution in [0.3, 0.4) is 0 Å². The molecule has 0 spiro atoms. The van der Waals surface area contributed by atoms with Crippen LogP contribution in [0.5, 0.6) is 0 Å². The summed E-state index contributed by atoms with van der Waals surface area (Å²) in [6, 6.07) is 22.0. The molecule has 0 unspecified atom stereocenters. The Morgan fingerprint density at radius 2 is 1.55 bits per heavy atom. The first-order chi connectivity index (χ1) is 13.8. The summed E-state index contributed by atoms with van der Waals surface area (Å²) in [7, 11) is -3.87. The number of amides is 1. The third kappa shape index (κ3) is 5.76. The van der Waals surface area contributed by atoms with Gasteiger partial charge < -0.3 is 5.32 Å². The minimum absolute atomic E-state index is 0.120. The zero-order valence-corrected chi connectivity index (χ0v) is 18.2. The maximum atomic E-state index is 13.0. The van der Waals surface area contributed by atoms with Crippen LogP contribution in [0.15, 0.2) is 88.2 Å². The van der Waals surface area contributed by atoms with Gasteiger partial charge in [0.25, 0.3) is 0 Å². The predicted octanol–water partition coefficient (Wildman–Crippen LogP) is 4.29. The number of halogens is 1. The van der Waals surface area contributed by atoms with E-state index in [0.717, 1.165) is 11.1 Å². The molecule has 0 radical (unpaired) electrons. The third-order valence-corrected chi connectivity index (χ3v) is 6.54. The van der Waals surface area contributed by atoms with Crippen LogP contribution in [-0.2, 0) is 21.2 Å². The molecule has 3 aromatic rings. The number of carbonyl (C=O) groups excluding carboxylic acids is 1. The Hall–Kier alpha value is -2.48. The van der Waals surface area contributed by atoms with Crippen molar-refractivity contribution in [2.75, 3.05) is 5.32 Å². The van der Waals surface area contributed by atoms with Crippen LogP contribution >= 0.6 is 15.9 Å². The zero-order chi connectivity index (χ0) is 20.9. The van der Waals surface area contributed by atoms with Crippen molar-refractivity contribution in [2.45, 2.75) is 24.3 Å². The van der Waals surface area contributed by atoms with E-state index in [9.17, 15) is 13.2 Å². The average molecular weight is 473 g/mol. The van der Waals surface area contributed by atoms with Gasteiger partial charge in [0.05, 0.1) is 10.6 Å². The first kappa shape index (κ1) is 21.2. The second kappa shape index (κ2) is 9.35. The summed E-state index contributed by atoms with van der Waals surface area (Å²) < 4.78 is 29.0. The van der Waals surface area contributed by atoms with Crippen molar-refractivity contribution in [1.29, 1.82) is 0 Å². The summed E-state index contributed by atoms with van der Waals surface area (Å²) in [4.78, 5) is 13.1. The Bertz CT molecular complexity index is 1080. The molecule has 7 heteroatoms. The number of rotatable bonds is 7. The lowest BCUT2D eigenvalue weighted by Gasteiger charge is -2.19. The maximum absolute atomic E-state index is 13.0. The van der Waals surface area contributed by atoms with Crippen molar-refractivity contribution in [3.63, 3.8) is 0 Å². The molecule has 3 aromatic carbocycles. The van der Waals surface area contributed by atoms with Crippen LogP contribution in [0.1, 0.15) is 11.1 Å². The van der Waals surface area contributed by atoms with Gasteiger partial charge in [-0.1, -0.05) is 60.2 Å². The molecule has 0 saturated carbocycles. The van der Waals surface area contributed by atoms with Crippen LogP contribution in [0.4, 0.5) is 5.69 Å². The topological polar surface area (TPSA) is 75.3 Å². The molecule has 1 amide bonds. The fourth-order valence-corrected chi connectivity index (χ4v) is 4.37. The van der Waals surface area contributed by atoms with Gasteiger partial charge in [-0.15, -0.1) is 0 Å². The summed E-state index contributed by atoms with van der Waals surface area (Å²) in [6.45, 7) is 1.88. The van der Waals surface area contributed by atoms with Crippen LogP contribution in [-0.4, -0.2) is 20.4 Å². The number of hydrogen-bond acceptors (Lipinski definition) is 3. The highest BCUT2D eigenvalue weighted by Crippen LogP contribution is 2.22. The molecule has 3 rings (SSSR count). The second-order valence-corrected chi connectivity index (χ2v) is 9.21. The summed E-state index contributed by atoms with van der Waals surface area (Å²) in [5.74, 6) is -0.434. The van der Waals surface area contributed by atoms with E-state index >= 15 is 0 Å². The highest BCUT2D eigenvalue weighted by molar-refractivity contribution is 9.10. The van der Waals surface area contributed by atoms with Gasteiger partial charge >= 0.3 is 0 Å². The Balaban J connectivity index is 1.87. The molecule has 150 valence electrons. The molecule has 0 bridgehead atoms. The van der Waals surface area contributed by atoms with Gasteiger partial charge in [-0.2, -0.15) is 4.72 Å². The predicted molar refractivity (Wildman–Crippen MR) is 118 cm³/mol. The van der Waals surface area contributed by atoms with Gasteiger partial charge in [-0.05, 0) is 59.1 Å². The molecule has 0 heterocycles. The van der Waals surface area contributed by atoms with E-state index in [2.05, 4.69) is 26.0 Å². The lowest BCUT2D eigenvalue weighted by atomic mass is 10.1. The van der Waals surface area contributed by atoms with E-state index in [1.807, 2.05) is 43.3 Å². The van der Waals surface area contributed by atoms with Gasteiger partial charge in [-0.25, -0.2) is 8.42 Å². The van der Waals surface area contributed by atoms with Gasteiger partial charge in [0, 0.05) is 4.47 Å². The number of benzene rings is 3. The Morgan fingerprint density at radius 1 is 0.931 bits per heavy atom. The van der Waals surface area contributed by atoms with Crippen molar-refractivity contribution < 1.29 is 13.2 Å². The first-order valence-electron chi connectivity index (χ1n) is 9.03. The quantitative estimate of drug-likeness (QED) is 0.538. The zero-order valence-electron chi connectivity index (χ0n) is 15.8. The largest absolute Gasteiger partial charge is 0.324 e.